The predicted octanol–water partition coefficient (Wildman–Crippen LogP) is 1.97. The molecule has 2 rings (SSSR count). The summed E-state index contributed by atoms with van der Waals surface area (Å²) < 4.78 is 1.93. The van der Waals surface area contributed by atoms with Crippen molar-refractivity contribution in [3.63, 3.8) is 0 Å². The van der Waals surface area contributed by atoms with Gasteiger partial charge in [-0.3, -0.25) is 4.68 Å². The molecule has 1 aromatic heterocycles. The first-order valence-electron chi connectivity index (χ1n) is 5.78. The van der Waals surface area contributed by atoms with Crippen molar-refractivity contribution in [1.82, 2.24) is 15.3 Å². The maximum Gasteiger partial charge on any atom is 0.0659 e. The second-order valence-electron chi connectivity index (χ2n) is 3.79. The lowest BCUT2D eigenvalue weighted by Gasteiger charge is -2.01. The molecule has 4 heteroatoms. The molecule has 90 valence electrons. The highest BCUT2D eigenvalue weighted by atomic mass is 16.6. The van der Waals surface area contributed by atoms with Gasteiger partial charge in [-0.2, -0.15) is 10.6 Å². The van der Waals surface area contributed by atoms with E-state index in [1.807, 2.05) is 42.2 Å². The van der Waals surface area contributed by atoms with Crippen LogP contribution in [-0.2, 0) is 17.9 Å². The quantitative estimate of drug-likeness (QED) is 0.610. The summed E-state index contributed by atoms with van der Waals surface area (Å²) in [6.45, 7) is 4.10. The Morgan fingerprint density at radius 3 is 2.82 bits per heavy atom. The molecule has 0 amide bonds. The first-order chi connectivity index (χ1) is 8.38. The van der Waals surface area contributed by atoms with Gasteiger partial charge in [-0.25, -0.2) is 0 Å². The minimum Gasteiger partial charge on any atom is -0.302 e. The summed E-state index contributed by atoms with van der Waals surface area (Å²) >= 11 is 0. The van der Waals surface area contributed by atoms with Crippen LogP contribution in [0.4, 0.5) is 0 Å². The molecule has 0 saturated heterocycles. The van der Waals surface area contributed by atoms with E-state index < -0.39 is 0 Å². The van der Waals surface area contributed by atoms with Gasteiger partial charge in [-0.15, -0.1) is 0 Å². The van der Waals surface area contributed by atoms with Crippen LogP contribution in [0.15, 0.2) is 42.7 Å². The van der Waals surface area contributed by atoms with Gasteiger partial charge in [-0.1, -0.05) is 30.3 Å². The highest BCUT2D eigenvalue weighted by Gasteiger charge is 1.99. The summed E-state index contributed by atoms with van der Waals surface area (Å²) in [7, 11) is 0. The number of nitrogens with one attached hydrogen (secondary N) is 1. The zero-order valence-corrected chi connectivity index (χ0v) is 9.97. The summed E-state index contributed by atoms with van der Waals surface area (Å²) in [6, 6.07) is 10.3. The van der Waals surface area contributed by atoms with Crippen molar-refractivity contribution in [2.45, 2.75) is 20.0 Å². The van der Waals surface area contributed by atoms with E-state index in [4.69, 9.17) is 4.84 Å². The van der Waals surface area contributed by atoms with Crippen LogP contribution in [-0.4, -0.2) is 16.4 Å². The van der Waals surface area contributed by atoms with Crippen LogP contribution in [0.25, 0.3) is 0 Å². The van der Waals surface area contributed by atoms with Crippen molar-refractivity contribution in [2.24, 2.45) is 0 Å². The van der Waals surface area contributed by atoms with Crippen LogP contribution in [0.5, 0.6) is 0 Å². The minimum atomic E-state index is 0.665. The molecule has 0 saturated carbocycles. The molecule has 1 heterocycles. The van der Waals surface area contributed by atoms with E-state index in [0.29, 0.717) is 13.2 Å². The molecule has 1 N–H and O–H groups in total. The Bertz CT molecular complexity index is 439. The van der Waals surface area contributed by atoms with Crippen LogP contribution in [0, 0.1) is 0 Å². The summed E-state index contributed by atoms with van der Waals surface area (Å²) in [5.41, 5.74) is 5.24. The van der Waals surface area contributed by atoms with Crippen molar-refractivity contribution in [3.05, 3.63) is 53.9 Å². The Hall–Kier alpha value is -1.65. The molecule has 0 aliphatic rings. The number of hydroxylamine groups is 1. The van der Waals surface area contributed by atoms with Crippen LogP contribution < -0.4 is 5.48 Å². The Morgan fingerprint density at radius 1 is 1.24 bits per heavy atom. The molecule has 2 aromatic rings. The Labute approximate surface area is 101 Å². The Kier molecular flexibility index (Phi) is 4.30. The molecule has 0 atom stereocenters. The van der Waals surface area contributed by atoms with E-state index in [9.17, 15) is 0 Å². The monoisotopic (exact) mass is 231 g/mol. The molecular formula is C13H17N3O. The van der Waals surface area contributed by atoms with E-state index in [2.05, 4.69) is 22.7 Å². The zero-order valence-electron chi connectivity index (χ0n) is 9.97. The third kappa shape index (κ3) is 3.69. The van der Waals surface area contributed by atoms with Crippen LogP contribution in [0.2, 0.25) is 0 Å². The highest BCUT2D eigenvalue weighted by molar-refractivity contribution is 5.15. The standard InChI is InChI=1S/C13H17N3O/c1-2-17-15-9-13-8-14-16(11-13)10-12-6-4-3-5-7-12/h3-8,11,15H,2,9-10H2,1H3. The summed E-state index contributed by atoms with van der Waals surface area (Å²) in [5, 5.41) is 4.31. The van der Waals surface area contributed by atoms with E-state index in [1.54, 1.807) is 0 Å². The van der Waals surface area contributed by atoms with Gasteiger partial charge in [0.25, 0.3) is 0 Å². The normalized spacial score (nSPS) is 10.6. The second kappa shape index (κ2) is 6.18. The Balaban J connectivity index is 1.90. The molecule has 0 unspecified atom stereocenters. The van der Waals surface area contributed by atoms with Gasteiger partial charge in [0.2, 0.25) is 0 Å². The molecule has 0 aliphatic heterocycles. The van der Waals surface area contributed by atoms with Crippen molar-refractivity contribution >= 4 is 0 Å². The van der Waals surface area contributed by atoms with Gasteiger partial charge >= 0.3 is 0 Å². The van der Waals surface area contributed by atoms with E-state index in [1.165, 1.54) is 5.56 Å². The van der Waals surface area contributed by atoms with Crippen LogP contribution in [0.3, 0.4) is 0 Å². The number of nitrogens with zero attached hydrogens (tertiary/aromatic N) is 2. The molecule has 17 heavy (non-hydrogen) atoms. The zero-order chi connectivity index (χ0) is 11.9. The maximum absolute atomic E-state index is 5.08. The number of aromatic nitrogens is 2. The smallest absolute Gasteiger partial charge is 0.0659 e. The average Bonchev–Trinajstić information content (AvgIpc) is 2.79. The summed E-state index contributed by atoms with van der Waals surface area (Å²) in [5.74, 6) is 0. The van der Waals surface area contributed by atoms with Gasteiger partial charge in [0.15, 0.2) is 0 Å². The lowest BCUT2D eigenvalue weighted by atomic mass is 10.2. The minimum absolute atomic E-state index is 0.665. The summed E-state index contributed by atoms with van der Waals surface area (Å²) in [6.07, 6.45) is 3.88. The van der Waals surface area contributed by atoms with Crippen molar-refractivity contribution in [1.29, 1.82) is 0 Å². The lowest BCUT2D eigenvalue weighted by molar-refractivity contribution is 0.0463. The van der Waals surface area contributed by atoms with E-state index in [-0.39, 0.29) is 0 Å². The SMILES string of the molecule is CCONCc1cnn(Cc2ccccc2)c1. The van der Waals surface area contributed by atoms with Crippen molar-refractivity contribution < 1.29 is 4.84 Å². The largest absolute Gasteiger partial charge is 0.302 e. The first kappa shape index (κ1) is 11.8. The molecule has 0 fully saturated rings. The number of hydrogen-bond donors (Lipinski definition) is 1. The fraction of sp³-hybridized carbons (Fsp3) is 0.308. The number of rotatable bonds is 6. The molecular weight excluding hydrogens is 214 g/mol. The molecule has 0 spiro atoms. The number of hydrogen-bond acceptors (Lipinski definition) is 3. The topological polar surface area (TPSA) is 39.1 Å². The third-order valence-corrected chi connectivity index (χ3v) is 2.40. The molecule has 0 radical (unpaired) electrons. The summed E-state index contributed by atoms with van der Waals surface area (Å²) in [4.78, 5) is 5.08. The van der Waals surface area contributed by atoms with Gasteiger partial charge in [-0.05, 0) is 12.5 Å². The Morgan fingerprint density at radius 2 is 2.06 bits per heavy atom. The van der Waals surface area contributed by atoms with Gasteiger partial charge < -0.3 is 4.84 Å². The fourth-order valence-corrected chi connectivity index (χ4v) is 1.59. The fourth-order valence-electron chi connectivity index (χ4n) is 1.59. The van der Waals surface area contributed by atoms with E-state index >= 15 is 0 Å². The predicted molar refractivity (Wildman–Crippen MR) is 66.2 cm³/mol. The van der Waals surface area contributed by atoms with Gasteiger partial charge in [0, 0.05) is 18.3 Å². The molecule has 4 nitrogen and oxygen atoms in total. The third-order valence-electron chi connectivity index (χ3n) is 2.40. The maximum atomic E-state index is 5.08. The second-order valence-corrected chi connectivity index (χ2v) is 3.79. The van der Waals surface area contributed by atoms with E-state index in [0.717, 1.165) is 12.1 Å². The first-order valence-corrected chi connectivity index (χ1v) is 5.78. The van der Waals surface area contributed by atoms with Crippen molar-refractivity contribution in [2.75, 3.05) is 6.61 Å². The van der Waals surface area contributed by atoms with Crippen LogP contribution in [0.1, 0.15) is 18.1 Å². The van der Waals surface area contributed by atoms with Crippen molar-refractivity contribution in [3.8, 4) is 0 Å². The van der Waals surface area contributed by atoms with Gasteiger partial charge in [0.05, 0.1) is 19.3 Å². The lowest BCUT2D eigenvalue weighted by Crippen LogP contribution is -2.13. The van der Waals surface area contributed by atoms with Gasteiger partial charge in [0.1, 0.15) is 0 Å². The molecule has 0 bridgehead atoms. The highest BCUT2D eigenvalue weighted by Crippen LogP contribution is 2.03. The molecule has 0 aliphatic carbocycles. The average molecular weight is 231 g/mol. The van der Waals surface area contributed by atoms with Crippen LogP contribution >= 0.6 is 0 Å². The molecule has 1 aromatic carbocycles. The number of benzene rings is 1.